The fourth-order valence-corrected chi connectivity index (χ4v) is 4.50. The smallest absolute Gasteiger partial charge is 0.304 e. The Morgan fingerprint density at radius 3 is 2.52 bits per heavy atom. The van der Waals surface area contributed by atoms with Crippen LogP contribution in [0.25, 0.3) is 0 Å². The Bertz CT molecular complexity index is 554. The van der Waals surface area contributed by atoms with Gasteiger partial charge >= 0.3 is 10.2 Å². The molecule has 6 heteroatoms. The molecule has 1 aliphatic rings. The number of hydrogen-bond acceptors (Lipinski definition) is 3. The summed E-state index contributed by atoms with van der Waals surface area (Å²) < 4.78 is 29.2. The topological polar surface area (TPSA) is 52.7 Å². The molecule has 0 amide bonds. The van der Waals surface area contributed by atoms with Crippen molar-refractivity contribution in [1.29, 1.82) is 0 Å². The summed E-state index contributed by atoms with van der Waals surface area (Å²) in [5, 5.41) is 3.28. The van der Waals surface area contributed by atoms with Crippen LogP contribution in [0.5, 0.6) is 0 Å². The molecule has 0 unspecified atom stereocenters. The normalized spacial score (nSPS) is 15.9. The Balaban J connectivity index is 2.38. The molecule has 2 rings (SSSR count). The molecule has 0 aromatic heterocycles. The standard InChI is InChI=1S/C15H25N3O2S/c1-3-10-17(11-4-2)21(19,20)18-12-9-16-13-14-7-5-6-8-15(14)18/h5-8,16H,3-4,9-13H2,1-2H3. The first-order valence-corrected chi connectivity index (χ1v) is 9.07. The molecule has 1 aromatic carbocycles. The fraction of sp³-hybridized carbons (Fsp3) is 0.600. The Morgan fingerprint density at radius 2 is 1.86 bits per heavy atom. The molecule has 0 saturated carbocycles. The van der Waals surface area contributed by atoms with E-state index in [0.29, 0.717) is 32.7 Å². The number of anilines is 1. The van der Waals surface area contributed by atoms with Crippen molar-refractivity contribution in [3.05, 3.63) is 29.8 Å². The van der Waals surface area contributed by atoms with Crippen molar-refractivity contribution in [2.45, 2.75) is 33.2 Å². The molecule has 0 aliphatic carbocycles. The molecular formula is C15H25N3O2S. The van der Waals surface area contributed by atoms with Crippen LogP contribution in [0, 0.1) is 0 Å². The molecular weight excluding hydrogens is 286 g/mol. The second kappa shape index (κ2) is 7.24. The number of rotatable bonds is 6. The van der Waals surface area contributed by atoms with E-state index in [4.69, 9.17) is 0 Å². The molecule has 118 valence electrons. The van der Waals surface area contributed by atoms with Crippen LogP contribution in [-0.4, -0.2) is 38.9 Å². The Kier molecular flexibility index (Phi) is 5.61. The Labute approximate surface area is 128 Å². The highest BCUT2D eigenvalue weighted by molar-refractivity contribution is 7.90. The van der Waals surface area contributed by atoms with Gasteiger partial charge < -0.3 is 5.32 Å². The Morgan fingerprint density at radius 1 is 1.19 bits per heavy atom. The van der Waals surface area contributed by atoms with Crippen molar-refractivity contribution < 1.29 is 8.42 Å². The summed E-state index contributed by atoms with van der Waals surface area (Å²) in [4.78, 5) is 0. The van der Waals surface area contributed by atoms with Crippen LogP contribution in [0.3, 0.4) is 0 Å². The van der Waals surface area contributed by atoms with Gasteiger partial charge in [-0.1, -0.05) is 32.0 Å². The fourth-order valence-electron chi connectivity index (χ4n) is 2.65. The first-order chi connectivity index (χ1) is 10.1. The Hall–Kier alpha value is -1.11. The van der Waals surface area contributed by atoms with Gasteiger partial charge in [-0.15, -0.1) is 0 Å². The van der Waals surface area contributed by atoms with Crippen molar-refractivity contribution >= 4 is 15.9 Å². The third-order valence-corrected chi connectivity index (χ3v) is 5.57. The van der Waals surface area contributed by atoms with E-state index in [2.05, 4.69) is 5.32 Å². The molecule has 0 radical (unpaired) electrons. The van der Waals surface area contributed by atoms with Crippen molar-refractivity contribution in [2.75, 3.05) is 30.5 Å². The van der Waals surface area contributed by atoms with Gasteiger partial charge in [-0.3, -0.25) is 4.31 Å². The van der Waals surface area contributed by atoms with Crippen LogP contribution in [-0.2, 0) is 16.8 Å². The van der Waals surface area contributed by atoms with Crippen LogP contribution < -0.4 is 9.62 Å². The molecule has 0 atom stereocenters. The SMILES string of the molecule is CCCN(CCC)S(=O)(=O)N1CCNCc2ccccc21. The lowest BCUT2D eigenvalue weighted by molar-refractivity contribution is 0.407. The highest BCUT2D eigenvalue weighted by Crippen LogP contribution is 2.26. The first-order valence-electron chi connectivity index (χ1n) is 7.67. The third-order valence-electron chi connectivity index (χ3n) is 3.62. The van der Waals surface area contributed by atoms with Crippen molar-refractivity contribution in [3.8, 4) is 0 Å². The zero-order valence-electron chi connectivity index (χ0n) is 12.9. The lowest BCUT2D eigenvalue weighted by atomic mass is 10.2. The van der Waals surface area contributed by atoms with Crippen LogP contribution in [0.15, 0.2) is 24.3 Å². The molecule has 1 heterocycles. The number of hydrogen-bond donors (Lipinski definition) is 1. The maximum Gasteiger partial charge on any atom is 0.304 e. The lowest BCUT2D eigenvalue weighted by Crippen LogP contribution is -2.46. The van der Waals surface area contributed by atoms with Gasteiger partial charge in [0.05, 0.1) is 5.69 Å². The predicted molar refractivity (Wildman–Crippen MR) is 86.6 cm³/mol. The second-order valence-corrected chi connectivity index (χ2v) is 7.14. The molecule has 1 N–H and O–H groups in total. The van der Waals surface area contributed by atoms with E-state index in [9.17, 15) is 8.42 Å². The monoisotopic (exact) mass is 311 g/mol. The number of nitrogens with zero attached hydrogens (tertiary/aromatic N) is 2. The maximum absolute atomic E-state index is 13.0. The van der Waals surface area contributed by atoms with Gasteiger partial charge in [-0.05, 0) is 24.5 Å². The lowest BCUT2D eigenvalue weighted by Gasteiger charge is -2.31. The van der Waals surface area contributed by atoms with Crippen LogP contribution in [0.2, 0.25) is 0 Å². The highest BCUT2D eigenvalue weighted by atomic mass is 32.2. The zero-order valence-corrected chi connectivity index (χ0v) is 13.7. The molecule has 0 bridgehead atoms. The van der Waals surface area contributed by atoms with Crippen molar-refractivity contribution in [1.82, 2.24) is 9.62 Å². The third kappa shape index (κ3) is 3.56. The first kappa shape index (κ1) is 16.3. The van der Waals surface area contributed by atoms with Gasteiger partial charge in [0.25, 0.3) is 0 Å². The van der Waals surface area contributed by atoms with E-state index in [-0.39, 0.29) is 0 Å². The van der Waals surface area contributed by atoms with E-state index in [1.165, 1.54) is 0 Å². The summed E-state index contributed by atoms with van der Waals surface area (Å²) in [6.45, 7) is 7.02. The quantitative estimate of drug-likeness (QED) is 0.874. The van der Waals surface area contributed by atoms with Gasteiger partial charge in [0.15, 0.2) is 0 Å². The summed E-state index contributed by atoms with van der Waals surface area (Å²) in [6.07, 6.45) is 1.65. The zero-order chi connectivity index (χ0) is 15.3. The number of para-hydroxylation sites is 1. The van der Waals surface area contributed by atoms with Gasteiger partial charge in [0.1, 0.15) is 0 Å². The minimum atomic E-state index is -3.46. The van der Waals surface area contributed by atoms with E-state index < -0.39 is 10.2 Å². The molecule has 0 saturated heterocycles. The largest absolute Gasteiger partial charge is 0.311 e. The van der Waals surface area contributed by atoms with E-state index in [0.717, 1.165) is 24.1 Å². The summed E-state index contributed by atoms with van der Waals surface area (Å²) in [5.74, 6) is 0. The average Bonchev–Trinajstić information content (AvgIpc) is 2.69. The maximum atomic E-state index is 13.0. The molecule has 0 fully saturated rings. The summed E-state index contributed by atoms with van der Waals surface area (Å²) in [6, 6.07) is 7.74. The number of fused-ring (bicyclic) bond motifs is 1. The molecule has 1 aliphatic heterocycles. The summed E-state index contributed by atoms with van der Waals surface area (Å²) in [7, 11) is -3.46. The number of benzene rings is 1. The minimum Gasteiger partial charge on any atom is -0.311 e. The van der Waals surface area contributed by atoms with Crippen molar-refractivity contribution in [2.24, 2.45) is 0 Å². The summed E-state index contributed by atoms with van der Waals surface area (Å²) >= 11 is 0. The van der Waals surface area contributed by atoms with Gasteiger partial charge in [-0.25, -0.2) is 0 Å². The molecule has 0 spiro atoms. The number of nitrogens with one attached hydrogen (secondary N) is 1. The molecule has 1 aromatic rings. The van der Waals surface area contributed by atoms with Crippen molar-refractivity contribution in [3.63, 3.8) is 0 Å². The van der Waals surface area contributed by atoms with Gasteiger partial charge in [0, 0.05) is 32.7 Å². The molecule has 5 nitrogen and oxygen atoms in total. The molecule has 21 heavy (non-hydrogen) atoms. The van der Waals surface area contributed by atoms with Gasteiger partial charge in [0.2, 0.25) is 0 Å². The van der Waals surface area contributed by atoms with Crippen LogP contribution in [0.1, 0.15) is 32.3 Å². The van der Waals surface area contributed by atoms with E-state index >= 15 is 0 Å². The summed E-state index contributed by atoms with van der Waals surface area (Å²) in [5.41, 5.74) is 1.84. The van der Waals surface area contributed by atoms with E-state index in [1.54, 1.807) is 8.61 Å². The second-order valence-electron chi connectivity index (χ2n) is 5.28. The van der Waals surface area contributed by atoms with E-state index in [1.807, 2.05) is 38.1 Å². The van der Waals surface area contributed by atoms with Crippen LogP contribution >= 0.6 is 0 Å². The highest BCUT2D eigenvalue weighted by Gasteiger charge is 2.30. The minimum absolute atomic E-state index is 0.475. The average molecular weight is 311 g/mol. The van der Waals surface area contributed by atoms with Crippen LogP contribution in [0.4, 0.5) is 5.69 Å². The predicted octanol–water partition coefficient (Wildman–Crippen LogP) is 1.96. The van der Waals surface area contributed by atoms with Gasteiger partial charge in [-0.2, -0.15) is 12.7 Å².